The summed E-state index contributed by atoms with van der Waals surface area (Å²) in [6.07, 6.45) is 0.296. The first-order valence-corrected chi connectivity index (χ1v) is 10.8. The number of nitrogens with one attached hydrogen (secondary N) is 1. The Labute approximate surface area is 190 Å². The molecule has 1 fully saturated rings. The maximum absolute atomic E-state index is 13.9. The molecular weight excluding hydrogens is 426 g/mol. The SMILES string of the molecule is CC[C@@]1(C(=O)c2ccc(Cl)cc2)[C@H]2c3ccccc3OC(=O)[C@]21C(=O)Nc1ccccc1. The van der Waals surface area contributed by atoms with Gasteiger partial charge in [-0.15, -0.1) is 0 Å². The first-order valence-electron chi connectivity index (χ1n) is 10.4. The van der Waals surface area contributed by atoms with Crippen molar-refractivity contribution in [3.8, 4) is 5.75 Å². The lowest BCUT2D eigenvalue weighted by Crippen LogP contribution is -2.42. The third-order valence-electron chi connectivity index (χ3n) is 6.76. The molecule has 5 nitrogen and oxygen atoms in total. The summed E-state index contributed by atoms with van der Waals surface area (Å²) in [5.41, 5.74) is -1.26. The number of halogens is 1. The normalized spacial score (nSPS) is 25.2. The summed E-state index contributed by atoms with van der Waals surface area (Å²) in [4.78, 5) is 41.1. The van der Waals surface area contributed by atoms with Gasteiger partial charge in [-0.25, -0.2) is 0 Å². The van der Waals surface area contributed by atoms with Crippen LogP contribution < -0.4 is 10.1 Å². The van der Waals surface area contributed by atoms with Gasteiger partial charge in [0.1, 0.15) is 5.75 Å². The number of esters is 1. The maximum atomic E-state index is 13.9. The lowest BCUT2D eigenvalue weighted by Gasteiger charge is -2.23. The van der Waals surface area contributed by atoms with Crippen LogP contribution in [0.2, 0.25) is 5.02 Å². The molecule has 0 aromatic heterocycles. The zero-order chi connectivity index (χ0) is 22.5. The van der Waals surface area contributed by atoms with Crippen molar-refractivity contribution in [2.45, 2.75) is 19.3 Å². The molecule has 32 heavy (non-hydrogen) atoms. The zero-order valence-corrected chi connectivity index (χ0v) is 18.1. The van der Waals surface area contributed by atoms with Gasteiger partial charge in [0, 0.05) is 27.8 Å². The minimum absolute atomic E-state index is 0.265. The van der Waals surface area contributed by atoms with Crippen molar-refractivity contribution in [3.05, 3.63) is 95.0 Å². The Hall–Kier alpha value is -3.44. The second-order valence-corrected chi connectivity index (χ2v) is 8.59. The van der Waals surface area contributed by atoms with E-state index in [2.05, 4.69) is 5.32 Å². The Morgan fingerprint density at radius 3 is 2.31 bits per heavy atom. The first-order chi connectivity index (χ1) is 15.5. The number of carbonyl (C=O) groups excluding carboxylic acids is 3. The molecule has 1 aliphatic carbocycles. The number of benzene rings is 3. The summed E-state index contributed by atoms with van der Waals surface area (Å²) in [5.74, 6) is -1.72. The highest BCUT2D eigenvalue weighted by molar-refractivity contribution is 6.30. The topological polar surface area (TPSA) is 72.5 Å². The van der Waals surface area contributed by atoms with Crippen molar-refractivity contribution < 1.29 is 19.1 Å². The van der Waals surface area contributed by atoms with Gasteiger partial charge < -0.3 is 10.1 Å². The van der Waals surface area contributed by atoms with Crippen molar-refractivity contribution in [2.24, 2.45) is 10.8 Å². The van der Waals surface area contributed by atoms with Gasteiger partial charge in [-0.3, -0.25) is 14.4 Å². The van der Waals surface area contributed by atoms with E-state index in [4.69, 9.17) is 16.3 Å². The van der Waals surface area contributed by atoms with E-state index in [-0.39, 0.29) is 5.78 Å². The average Bonchev–Trinajstić information content (AvgIpc) is 3.47. The van der Waals surface area contributed by atoms with E-state index in [1.807, 2.05) is 25.1 Å². The molecule has 3 atom stereocenters. The molecule has 0 unspecified atom stereocenters. The van der Waals surface area contributed by atoms with E-state index in [1.54, 1.807) is 60.7 Å². The Balaban J connectivity index is 1.67. The van der Waals surface area contributed by atoms with Gasteiger partial charge in [-0.1, -0.05) is 54.9 Å². The molecule has 1 saturated carbocycles. The van der Waals surface area contributed by atoms with Gasteiger partial charge in [0.2, 0.25) is 5.91 Å². The van der Waals surface area contributed by atoms with Crippen LogP contribution in [0.25, 0.3) is 0 Å². The van der Waals surface area contributed by atoms with E-state index in [1.165, 1.54) is 0 Å². The van der Waals surface area contributed by atoms with Gasteiger partial charge in [0.05, 0.1) is 5.41 Å². The molecule has 0 radical (unpaired) electrons. The molecule has 3 aromatic carbocycles. The van der Waals surface area contributed by atoms with Crippen LogP contribution in [0, 0.1) is 10.8 Å². The molecule has 160 valence electrons. The fourth-order valence-electron chi connectivity index (χ4n) is 5.32. The molecule has 1 amide bonds. The molecule has 1 N–H and O–H groups in total. The largest absolute Gasteiger partial charge is 0.425 e. The Bertz CT molecular complexity index is 1240. The molecule has 3 aromatic rings. The predicted octanol–water partition coefficient (Wildman–Crippen LogP) is 5.26. The lowest BCUT2D eigenvalue weighted by atomic mass is 9.82. The summed E-state index contributed by atoms with van der Waals surface area (Å²) in [7, 11) is 0. The quantitative estimate of drug-likeness (QED) is 0.251. The number of ether oxygens (including phenoxy) is 1. The van der Waals surface area contributed by atoms with Crippen molar-refractivity contribution in [1.29, 1.82) is 0 Å². The van der Waals surface area contributed by atoms with Gasteiger partial charge in [0.15, 0.2) is 11.2 Å². The lowest BCUT2D eigenvalue weighted by molar-refractivity contribution is -0.147. The minimum atomic E-state index is -1.65. The number of para-hydroxylation sites is 2. The second-order valence-electron chi connectivity index (χ2n) is 8.15. The molecule has 5 rings (SSSR count). The van der Waals surface area contributed by atoms with Crippen LogP contribution >= 0.6 is 11.6 Å². The summed E-state index contributed by atoms with van der Waals surface area (Å²) in [5, 5.41) is 3.35. The van der Waals surface area contributed by atoms with Gasteiger partial charge >= 0.3 is 5.97 Å². The number of hydrogen-bond acceptors (Lipinski definition) is 4. The smallest absolute Gasteiger partial charge is 0.328 e. The summed E-state index contributed by atoms with van der Waals surface area (Å²) < 4.78 is 5.64. The Kier molecular flexibility index (Phi) is 4.68. The van der Waals surface area contributed by atoms with E-state index < -0.39 is 28.6 Å². The zero-order valence-electron chi connectivity index (χ0n) is 17.3. The fraction of sp³-hybridized carbons (Fsp3) is 0.192. The van der Waals surface area contributed by atoms with Crippen LogP contribution in [0.4, 0.5) is 5.69 Å². The third-order valence-corrected chi connectivity index (χ3v) is 7.01. The maximum Gasteiger partial charge on any atom is 0.328 e. The monoisotopic (exact) mass is 445 g/mol. The van der Waals surface area contributed by atoms with Crippen LogP contribution in [0.1, 0.15) is 35.2 Å². The minimum Gasteiger partial charge on any atom is -0.425 e. The van der Waals surface area contributed by atoms with Crippen LogP contribution in [0.15, 0.2) is 78.9 Å². The summed E-state index contributed by atoms with van der Waals surface area (Å²) >= 11 is 6.01. The fourth-order valence-corrected chi connectivity index (χ4v) is 5.44. The number of amides is 1. The molecule has 0 saturated heterocycles. The van der Waals surface area contributed by atoms with E-state index >= 15 is 0 Å². The van der Waals surface area contributed by atoms with Crippen molar-refractivity contribution in [3.63, 3.8) is 0 Å². The van der Waals surface area contributed by atoms with Crippen LogP contribution in [-0.4, -0.2) is 17.7 Å². The molecule has 6 heteroatoms. The van der Waals surface area contributed by atoms with E-state index in [0.29, 0.717) is 34.0 Å². The highest BCUT2D eigenvalue weighted by atomic mass is 35.5. The average molecular weight is 446 g/mol. The third kappa shape index (κ3) is 2.61. The number of hydrogen-bond donors (Lipinski definition) is 1. The molecule has 1 heterocycles. The number of anilines is 1. The predicted molar refractivity (Wildman–Crippen MR) is 121 cm³/mol. The molecular formula is C26H20ClNO4. The van der Waals surface area contributed by atoms with Gasteiger partial charge in [-0.05, 0) is 48.9 Å². The highest BCUT2D eigenvalue weighted by Gasteiger charge is 2.89. The second kappa shape index (κ2) is 7.31. The Morgan fingerprint density at radius 1 is 0.969 bits per heavy atom. The van der Waals surface area contributed by atoms with E-state index in [0.717, 1.165) is 0 Å². The van der Waals surface area contributed by atoms with Crippen LogP contribution in [0.3, 0.4) is 0 Å². The van der Waals surface area contributed by atoms with Crippen molar-refractivity contribution >= 4 is 34.9 Å². The summed E-state index contributed by atoms with van der Waals surface area (Å²) in [6.45, 7) is 1.83. The van der Waals surface area contributed by atoms with Gasteiger partial charge in [0.25, 0.3) is 0 Å². The molecule has 2 aliphatic rings. The molecule has 0 spiro atoms. The number of rotatable bonds is 5. The van der Waals surface area contributed by atoms with Crippen LogP contribution in [-0.2, 0) is 9.59 Å². The van der Waals surface area contributed by atoms with E-state index in [9.17, 15) is 14.4 Å². The molecule has 0 bridgehead atoms. The first kappa shape index (κ1) is 20.5. The summed E-state index contributed by atoms with van der Waals surface area (Å²) in [6, 6.07) is 22.5. The molecule has 1 aliphatic heterocycles. The van der Waals surface area contributed by atoms with Crippen molar-refractivity contribution in [1.82, 2.24) is 0 Å². The van der Waals surface area contributed by atoms with Crippen molar-refractivity contribution in [2.75, 3.05) is 5.32 Å². The number of ketones is 1. The Morgan fingerprint density at radius 2 is 1.62 bits per heavy atom. The highest BCUT2D eigenvalue weighted by Crippen LogP contribution is 2.80. The van der Waals surface area contributed by atoms with Crippen LogP contribution in [0.5, 0.6) is 5.75 Å². The van der Waals surface area contributed by atoms with Gasteiger partial charge in [-0.2, -0.15) is 0 Å². The standard InChI is InChI=1S/C26H20ClNO4/c1-2-25(22(29)16-12-14-17(27)15-13-16)21-19-10-6-7-11-20(19)32-24(31)26(21,25)23(30)28-18-8-4-3-5-9-18/h3-15,21H,2H2,1H3,(H,28,30)/t21-,25+,26-/m1/s1. The number of Topliss-reactive ketones (excluding diaryl/α,β-unsaturated/α-hetero) is 1. The number of fused-ring (bicyclic) bond motifs is 3. The number of carbonyl (C=O) groups is 3.